The van der Waals surface area contributed by atoms with E-state index in [9.17, 15) is 8.42 Å². The highest BCUT2D eigenvalue weighted by molar-refractivity contribution is 7.86. The van der Waals surface area contributed by atoms with E-state index in [1.807, 2.05) is 37.3 Å². The molecule has 1 saturated carbocycles. The second-order valence-electron chi connectivity index (χ2n) is 6.09. The topological polar surface area (TPSA) is 43.9 Å². The van der Waals surface area contributed by atoms with Crippen LogP contribution in [0.4, 0.5) is 0 Å². The molecule has 1 aliphatic heterocycles. The summed E-state index contributed by atoms with van der Waals surface area (Å²) in [6, 6.07) is 10.5. The summed E-state index contributed by atoms with van der Waals surface area (Å²) in [5.74, 6) is 0. The van der Waals surface area contributed by atoms with Crippen LogP contribution in [0.5, 0.6) is 0 Å². The second-order valence-corrected chi connectivity index (χ2v) is 8.01. The van der Waals surface area contributed by atoms with Gasteiger partial charge in [0.2, 0.25) is 0 Å². The molecule has 0 atom stereocenters. The Morgan fingerprint density at radius 2 is 1.73 bits per heavy atom. The van der Waals surface area contributed by atoms with Gasteiger partial charge < -0.3 is 0 Å². The molecule has 1 saturated heterocycles. The molecule has 0 N–H and O–H groups in total. The fourth-order valence-electron chi connectivity index (χ4n) is 3.05. The van der Waals surface area contributed by atoms with Crippen molar-refractivity contribution in [3.8, 4) is 0 Å². The van der Waals surface area contributed by atoms with Crippen LogP contribution < -0.4 is 0 Å². The molecule has 0 spiro atoms. The zero-order chi connectivity index (χ0) is 15.6. The smallest absolute Gasteiger partial charge is 0.282 e. The summed E-state index contributed by atoms with van der Waals surface area (Å²) in [7, 11) is -3.36. The molecule has 6 heteroatoms. The predicted octanol–water partition coefficient (Wildman–Crippen LogP) is 1.53. The van der Waals surface area contributed by atoms with Crippen molar-refractivity contribution in [3.05, 3.63) is 35.9 Å². The van der Waals surface area contributed by atoms with Gasteiger partial charge in [0.25, 0.3) is 10.2 Å². The molecule has 0 amide bonds. The molecular formula is C16H25N3O2S. The SMILES string of the molecule is CCN(Cc1ccccc1)S(=O)(=O)N1CCN(C2CC2)CC1. The van der Waals surface area contributed by atoms with Gasteiger partial charge in [-0.3, -0.25) is 4.90 Å². The van der Waals surface area contributed by atoms with Crippen LogP contribution in [0.3, 0.4) is 0 Å². The van der Waals surface area contributed by atoms with Crippen molar-refractivity contribution >= 4 is 10.2 Å². The van der Waals surface area contributed by atoms with Gasteiger partial charge in [-0.05, 0) is 18.4 Å². The number of benzene rings is 1. The number of hydrogen-bond donors (Lipinski definition) is 0. The molecule has 0 radical (unpaired) electrons. The first-order valence-electron chi connectivity index (χ1n) is 8.14. The van der Waals surface area contributed by atoms with E-state index in [0.29, 0.717) is 26.2 Å². The van der Waals surface area contributed by atoms with E-state index < -0.39 is 10.2 Å². The zero-order valence-corrected chi connectivity index (χ0v) is 14.0. The minimum atomic E-state index is -3.36. The third kappa shape index (κ3) is 3.51. The maximum absolute atomic E-state index is 12.8. The minimum Gasteiger partial charge on any atom is -0.298 e. The lowest BCUT2D eigenvalue weighted by Gasteiger charge is -2.36. The molecular weight excluding hydrogens is 298 g/mol. The largest absolute Gasteiger partial charge is 0.298 e. The van der Waals surface area contributed by atoms with Crippen molar-refractivity contribution in [2.75, 3.05) is 32.7 Å². The number of piperazine rings is 1. The zero-order valence-electron chi connectivity index (χ0n) is 13.2. The lowest BCUT2D eigenvalue weighted by molar-refractivity contribution is 0.173. The van der Waals surface area contributed by atoms with Gasteiger partial charge in [-0.15, -0.1) is 0 Å². The van der Waals surface area contributed by atoms with E-state index in [0.717, 1.165) is 24.7 Å². The Morgan fingerprint density at radius 1 is 1.09 bits per heavy atom. The van der Waals surface area contributed by atoms with Crippen molar-refractivity contribution in [3.63, 3.8) is 0 Å². The van der Waals surface area contributed by atoms with Gasteiger partial charge in [0.15, 0.2) is 0 Å². The Hall–Kier alpha value is -0.950. The van der Waals surface area contributed by atoms with E-state index in [1.54, 1.807) is 8.61 Å². The molecule has 0 bridgehead atoms. The van der Waals surface area contributed by atoms with E-state index in [1.165, 1.54) is 12.8 Å². The first-order valence-corrected chi connectivity index (χ1v) is 9.54. The molecule has 1 aromatic rings. The summed E-state index contributed by atoms with van der Waals surface area (Å²) in [6.07, 6.45) is 2.56. The lowest BCUT2D eigenvalue weighted by atomic mass is 10.2. The molecule has 1 aliphatic carbocycles. The van der Waals surface area contributed by atoms with E-state index in [2.05, 4.69) is 4.90 Å². The van der Waals surface area contributed by atoms with Crippen LogP contribution in [0.1, 0.15) is 25.3 Å². The third-order valence-electron chi connectivity index (χ3n) is 4.54. The second kappa shape index (κ2) is 6.66. The summed E-state index contributed by atoms with van der Waals surface area (Å²) in [5.41, 5.74) is 1.03. The van der Waals surface area contributed by atoms with Gasteiger partial charge in [0.05, 0.1) is 0 Å². The number of rotatable bonds is 6. The standard InChI is InChI=1S/C16H25N3O2S/c1-2-18(14-15-6-4-3-5-7-15)22(20,21)19-12-10-17(11-13-19)16-8-9-16/h3-7,16H,2,8-14H2,1H3. The highest BCUT2D eigenvalue weighted by Crippen LogP contribution is 2.28. The average Bonchev–Trinajstić information content (AvgIpc) is 3.38. The Labute approximate surface area is 133 Å². The molecule has 1 aromatic carbocycles. The molecule has 5 nitrogen and oxygen atoms in total. The minimum absolute atomic E-state index is 0.447. The van der Waals surface area contributed by atoms with Crippen molar-refractivity contribution in [1.29, 1.82) is 0 Å². The molecule has 3 rings (SSSR count). The molecule has 122 valence electrons. The molecule has 0 unspecified atom stereocenters. The summed E-state index contributed by atoms with van der Waals surface area (Å²) in [6.45, 7) is 5.82. The van der Waals surface area contributed by atoms with Crippen molar-refractivity contribution in [2.45, 2.75) is 32.4 Å². The Kier molecular flexibility index (Phi) is 4.82. The first kappa shape index (κ1) is 15.9. The molecule has 2 fully saturated rings. The van der Waals surface area contributed by atoms with Gasteiger partial charge >= 0.3 is 0 Å². The quantitative estimate of drug-likeness (QED) is 0.797. The monoisotopic (exact) mass is 323 g/mol. The predicted molar refractivity (Wildman–Crippen MR) is 87.6 cm³/mol. The number of nitrogens with zero attached hydrogens (tertiary/aromatic N) is 3. The summed E-state index contributed by atoms with van der Waals surface area (Å²) >= 11 is 0. The molecule has 22 heavy (non-hydrogen) atoms. The third-order valence-corrected chi connectivity index (χ3v) is 6.60. The normalized spacial score (nSPS) is 21.4. The Balaban J connectivity index is 1.65. The average molecular weight is 323 g/mol. The van der Waals surface area contributed by atoms with Gasteiger partial charge in [-0.1, -0.05) is 37.3 Å². The Bertz CT molecular complexity index is 579. The van der Waals surface area contributed by atoms with Gasteiger partial charge in [-0.2, -0.15) is 17.0 Å². The van der Waals surface area contributed by atoms with Crippen molar-refractivity contribution < 1.29 is 8.42 Å². The molecule has 2 aliphatic rings. The van der Waals surface area contributed by atoms with E-state index in [-0.39, 0.29) is 0 Å². The molecule has 1 heterocycles. The van der Waals surface area contributed by atoms with Crippen LogP contribution in [0.25, 0.3) is 0 Å². The van der Waals surface area contributed by atoms with E-state index in [4.69, 9.17) is 0 Å². The maximum atomic E-state index is 12.8. The maximum Gasteiger partial charge on any atom is 0.282 e. The van der Waals surface area contributed by atoms with Crippen molar-refractivity contribution in [1.82, 2.24) is 13.5 Å². The number of hydrogen-bond acceptors (Lipinski definition) is 3. The summed E-state index contributed by atoms with van der Waals surface area (Å²) in [5, 5.41) is 0. The van der Waals surface area contributed by atoms with Crippen LogP contribution in [0.15, 0.2) is 30.3 Å². The summed E-state index contributed by atoms with van der Waals surface area (Å²) < 4.78 is 28.9. The van der Waals surface area contributed by atoms with E-state index >= 15 is 0 Å². The van der Waals surface area contributed by atoms with Gasteiger partial charge in [0, 0.05) is 45.3 Å². The van der Waals surface area contributed by atoms with Gasteiger partial charge in [0.1, 0.15) is 0 Å². The highest BCUT2D eigenvalue weighted by atomic mass is 32.2. The highest BCUT2D eigenvalue weighted by Gasteiger charge is 2.36. The summed E-state index contributed by atoms with van der Waals surface area (Å²) in [4.78, 5) is 2.43. The van der Waals surface area contributed by atoms with Crippen LogP contribution in [0, 0.1) is 0 Å². The van der Waals surface area contributed by atoms with Gasteiger partial charge in [-0.25, -0.2) is 0 Å². The lowest BCUT2D eigenvalue weighted by Crippen LogP contribution is -2.53. The first-order chi connectivity index (χ1) is 10.6. The van der Waals surface area contributed by atoms with Crippen LogP contribution >= 0.6 is 0 Å². The molecule has 0 aromatic heterocycles. The van der Waals surface area contributed by atoms with Crippen LogP contribution in [0.2, 0.25) is 0 Å². The Morgan fingerprint density at radius 3 is 2.27 bits per heavy atom. The fraction of sp³-hybridized carbons (Fsp3) is 0.625. The van der Waals surface area contributed by atoms with Crippen LogP contribution in [-0.4, -0.2) is 60.7 Å². The van der Waals surface area contributed by atoms with Crippen molar-refractivity contribution in [2.24, 2.45) is 0 Å². The fourth-order valence-corrected chi connectivity index (χ4v) is 4.64. The van der Waals surface area contributed by atoms with Crippen LogP contribution in [-0.2, 0) is 16.8 Å².